The first kappa shape index (κ1) is 7.59. The van der Waals surface area contributed by atoms with E-state index in [4.69, 9.17) is 0 Å². The van der Waals surface area contributed by atoms with Gasteiger partial charge in [0.2, 0.25) is 6.54 Å². The van der Waals surface area contributed by atoms with E-state index in [1.54, 1.807) is 12.4 Å². The molecule has 58 valence electrons. The van der Waals surface area contributed by atoms with E-state index in [1.165, 1.54) is 6.33 Å². The Bertz CT molecular complexity index is 237. The van der Waals surface area contributed by atoms with E-state index in [0.29, 0.717) is 6.42 Å². The lowest BCUT2D eigenvalue weighted by atomic mass is 10.2. The summed E-state index contributed by atoms with van der Waals surface area (Å²) < 4.78 is 0. The fraction of sp³-hybridized carbons (Fsp3) is 0.333. The molecule has 0 aliphatic rings. The molecule has 0 saturated carbocycles. The van der Waals surface area contributed by atoms with Crippen molar-refractivity contribution in [2.24, 2.45) is 0 Å². The van der Waals surface area contributed by atoms with Crippen LogP contribution in [0.5, 0.6) is 0 Å². The van der Waals surface area contributed by atoms with Crippen molar-refractivity contribution in [2.45, 2.75) is 6.42 Å². The van der Waals surface area contributed by atoms with Crippen LogP contribution < -0.4 is 0 Å². The molecule has 11 heavy (non-hydrogen) atoms. The molecule has 1 heterocycles. The van der Waals surface area contributed by atoms with Crippen LogP contribution in [-0.2, 0) is 6.42 Å². The maximum atomic E-state index is 9.94. The molecule has 0 spiro atoms. The summed E-state index contributed by atoms with van der Waals surface area (Å²) in [5.74, 6) is 0. The van der Waals surface area contributed by atoms with E-state index >= 15 is 0 Å². The Balaban J connectivity index is 2.45. The van der Waals surface area contributed by atoms with Gasteiger partial charge < -0.3 is 0 Å². The lowest BCUT2D eigenvalue weighted by Crippen LogP contribution is -2.04. The second-order valence-corrected chi connectivity index (χ2v) is 2.05. The molecule has 5 nitrogen and oxygen atoms in total. The molecule has 1 aromatic rings. The van der Waals surface area contributed by atoms with Gasteiger partial charge in [-0.2, -0.15) is 0 Å². The van der Waals surface area contributed by atoms with Crippen LogP contribution >= 0.6 is 0 Å². The predicted octanol–water partition coefficient (Wildman–Crippen LogP) is 0.296. The van der Waals surface area contributed by atoms with Gasteiger partial charge in [0, 0.05) is 23.7 Å². The minimum Gasteiger partial charge on any atom is -0.265 e. The van der Waals surface area contributed by atoms with Gasteiger partial charge in [0.15, 0.2) is 0 Å². The van der Waals surface area contributed by atoms with Crippen molar-refractivity contribution in [3.63, 3.8) is 0 Å². The molecule has 0 N–H and O–H groups in total. The fourth-order valence-corrected chi connectivity index (χ4v) is 0.679. The third-order valence-corrected chi connectivity index (χ3v) is 1.20. The van der Waals surface area contributed by atoms with Crippen LogP contribution in [-0.4, -0.2) is 21.4 Å². The average Bonchev–Trinajstić information content (AvgIpc) is 2.03. The maximum Gasteiger partial charge on any atom is 0.208 e. The van der Waals surface area contributed by atoms with Crippen molar-refractivity contribution in [1.82, 2.24) is 9.97 Å². The molecule has 0 saturated heterocycles. The standard InChI is InChI=1S/C6H7N3O2/c10-9(11)2-1-6-3-7-5-8-4-6/h3-5H,1-2H2. The number of nitrogens with zero attached hydrogens (tertiary/aromatic N) is 3. The first-order valence-electron chi connectivity index (χ1n) is 3.15. The molecule has 5 heteroatoms. The van der Waals surface area contributed by atoms with Gasteiger partial charge in [0.05, 0.1) is 0 Å². The Labute approximate surface area is 63.3 Å². The summed E-state index contributed by atoms with van der Waals surface area (Å²) in [6, 6.07) is 0. The Morgan fingerprint density at radius 3 is 2.64 bits per heavy atom. The van der Waals surface area contributed by atoms with Crippen molar-refractivity contribution in [3.8, 4) is 0 Å². The summed E-state index contributed by atoms with van der Waals surface area (Å²) >= 11 is 0. The molecular formula is C6H7N3O2. The van der Waals surface area contributed by atoms with Crippen LogP contribution in [0.25, 0.3) is 0 Å². The van der Waals surface area contributed by atoms with Crippen LogP contribution in [0.15, 0.2) is 18.7 Å². The lowest BCUT2D eigenvalue weighted by Gasteiger charge is -1.92. The number of hydrogen-bond donors (Lipinski definition) is 0. The van der Waals surface area contributed by atoms with Crippen molar-refractivity contribution < 1.29 is 4.92 Å². The smallest absolute Gasteiger partial charge is 0.208 e. The zero-order valence-corrected chi connectivity index (χ0v) is 5.80. The highest BCUT2D eigenvalue weighted by atomic mass is 16.6. The fourth-order valence-electron chi connectivity index (χ4n) is 0.679. The van der Waals surface area contributed by atoms with Gasteiger partial charge in [-0.05, 0) is 5.56 Å². The summed E-state index contributed by atoms with van der Waals surface area (Å²) in [7, 11) is 0. The SMILES string of the molecule is O=[N+]([O-])CCc1cncnc1. The van der Waals surface area contributed by atoms with Crippen LogP contribution in [0.3, 0.4) is 0 Å². The van der Waals surface area contributed by atoms with Crippen molar-refractivity contribution in [1.29, 1.82) is 0 Å². The maximum absolute atomic E-state index is 9.94. The van der Waals surface area contributed by atoms with Gasteiger partial charge in [-0.15, -0.1) is 0 Å². The van der Waals surface area contributed by atoms with Gasteiger partial charge in [0.25, 0.3) is 0 Å². The van der Waals surface area contributed by atoms with Crippen LogP contribution in [0.2, 0.25) is 0 Å². The zero-order valence-electron chi connectivity index (χ0n) is 5.80. The highest BCUT2D eigenvalue weighted by molar-refractivity contribution is 5.01. The third-order valence-electron chi connectivity index (χ3n) is 1.20. The quantitative estimate of drug-likeness (QED) is 0.462. The second-order valence-electron chi connectivity index (χ2n) is 2.05. The van der Waals surface area contributed by atoms with Gasteiger partial charge in [-0.25, -0.2) is 9.97 Å². The lowest BCUT2D eigenvalue weighted by molar-refractivity contribution is -0.479. The van der Waals surface area contributed by atoms with E-state index in [2.05, 4.69) is 9.97 Å². The second kappa shape index (κ2) is 3.60. The molecular weight excluding hydrogens is 146 g/mol. The average molecular weight is 153 g/mol. The molecule has 0 bridgehead atoms. The van der Waals surface area contributed by atoms with E-state index < -0.39 is 0 Å². The van der Waals surface area contributed by atoms with Gasteiger partial charge in [0.1, 0.15) is 6.33 Å². The first-order valence-corrected chi connectivity index (χ1v) is 3.15. The number of aromatic nitrogens is 2. The molecule has 0 amide bonds. The van der Waals surface area contributed by atoms with Crippen molar-refractivity contribution in [2.75, 3.05) is 6.54 Å². The number of hydrogen-bond acceptors (Lipinski definition) is 4. The predicted molar refractivity (Wildman–Crippen MR) is 37.6 cm³/mol. The molecule has 0 atom stereocenters. The Morgan fingerprint density at radius 1 is 1.45 bits per heavy atom. The molecule has 1 aromatic heterocycles. The minimum absolute atomic E-state index is 0.0621. The third kappa shape index (κ3) is 2.70. The highest BCUT2D eigenvalue weighted by Crippen LogP contribution is 1.93. The van der Waals surface area contributed by atoms with E-state index in [0.717, 1.165) is 5.56 Å². The number of nitro groups is 1. The normalized spacial score (nSPS) is 9.45. The monoisotopic (exact) mass is 153 g/mol. The zero-order chi connectivity index (χ0) is 8.10. The number of rotatable bonds is 3. The molecule has 0 radical (unpaired) electrons. The topological polar surface area (TPSA) is 68.9 Å². The summed E-state index contributed by atoms with van der Waals surface area (Å²) in [6.45, 7) is -0.0621. The van der Waals surface area contributed by atoms with E-state index in [9.17, 15) is 10.1 Å². The van der Waals surface area contributed by atoms with Gasteiger partial charge in [-0.3, -0.25) is 10.1 Å². The first-order chi connectivity index (χ1) is 5.29. The van der Waals surface area contributed by atoms with Crippen molar-refractivity contribution >= 4 is 0 Å². The Hall–Kier alpha value is -1.52. The molecule has 0 aliphatic heterocycles. The molecule has 0 aliphatic carbocycles. The summed E-state index contributed by atoms with van der Waals surface area (Å²) in [5, 5.41) is 9.94. The van der Waals surface area contributed by atoms with Gasteiger partial charge >= 0.3 is 0 Å². The van der Waals surface area contributed by atoms with E-state index in [1.807, 2.05) is 0 Å². The summed E-state index contributed by atoms with van der Waals surface area (Å²) in [5.41, 5.74) is 0.796. The van der Waals surface area contributed by atoms with Gasteiger partial charge in [-0.1, -0.05) is 0 Å². The Morgan fingerprint density at radius 2 is 2.09 bits per heavy atom. The summed E-state index contributed by atoms with van der Waals surface area (Å²) in [6.07, 6.45) is 4.95. The molecule has 0 unspecified atom stereocenters. The minimum atomic E-state index is -0.354. The largest absolute Gasteiger partial charge is 0.265 e. The Kier molecular flexibility index (Phi) is 2.48. The van der Waals surface area contributed by atoms with Crippen LogP contribution in [0.4, 0.5) is 0 Å². The molecule has 1 rings (SSSR count). The molecule has 0 aromatic carbocycles. The van der Waals surface area contributed by atoms with Crippen molar-refractivity contribution in [3.05, 3.63) is 34.4 Å². The van der Waals surface area contributed by atoms with Crippen LogP contribution in [0.1, 0.15) is 5.56 Å². The van der Waals surface area contributed by atoms with Crippen LogP contribution in [0, 0.1) is 10.1 Å². The summed E-state index contributed by atoms with van der Waals surface area (Å²) in [4.78, 5) is 17.0. The molecule has 0 fully saturated rings. The highest BCUT2D eigenvalue weighted by Gasteiger charge is 1.98. The van der Waals surface area contributed by atoms with E-state index in [-0.39, 0.29) is 11.5 Å².